The summed E-state index contributed by atoms with van der Waals surface area (Å²) in [5.41, 5.74) is -0.553. The molecule has 2 aromatic rings. The molecular weight excluding hydrogens is 374 g/mol. The van der Waals surface area contributed by atoms with Gasteiger partial charge < -0.3 is 10.4 Å². The highest BCUT2D eigenvalue weighted by Gasteiger charge is 2.34. The minimum Gasteiger partial charge on any atom is -0.506 e. The Morgan fingerprint density at radius 3 is 2.73 bits per heavy atom. The average Bonchev–Trinajstić information content (AvgIpc) is 3.33. The van der Waals surface area contributed by atoms with E-state index in [2.05, 4.69) is 10.4 Å². The molecule has 0 aliphatic heterocycles. The lowest BCUT2D eigenvalue weighted by atomic mass is 10.2. The molecule has 0 radical (unpaired) electrons. The van der Waals surface area contributed by atoms with Crippen molar-refractivity contribution in [3.8, 4) is 5.75 Å². The number of amides is 1. The fourth-order valence-electron chi connectivity index (χ4n) is 2.54. The molecule has 1 aromatic carbocycles. The smallest absolute Gasteiger partial charge is 0.283 e. The SMILES string of the molecule is O=C(Cn1nc(C(F)F)c(Cl)c1C1CC1)Nc1ccc([N+](=O)[O-])cc1O. The number of aromatic nitrogens is 2. The number of anilines is 1. The van der Waals surface area contributed by atoms with Crippen LogP contribution in [0.5, 0.6) is 5.75 Å². The fraction of sp³-hybridized carbons (Fsp3) is 0.333. The lowest BCUT2D eigenvalue weighted by molar-refractivity contribution is -0.384. The van der Waals surface area contributed by atoms with E-state index in [9.17, 15) is 28.8 Å². The van der Waals surface area contributed by atoms with Gasteiger partial charge in [0.2, 0.25) is 5.91 Å². The molecule has 1 saturated carbocycles. The van der Waals surface area contributed by atoms with Crippen LogP contribution in [-0.2, 0) is 11.3 Å². The number of rotatable bonds is 6. The molecule has 8 nitrogen and oxygen atoms in total. The maximum Gasteiger partial charge on any atom is 0.283 e. The Morgan fingerprint density at radius 1 is 1.50 bits per heavy atom. The molecule has 1 heterocycles. The predicted molar refractivity (Wildman–Crippen MR) is 87.6 cm³/mol. The first-order chi connectivity index (χ1) is 12.3. The van der Waals surface area contributed by atoms with Gasteiger partial charge in [-0.2, -0.15) is 5.10 Å². The number of carbonyl (C=O) groups excluding carboxylic acids is 1. The second-order valence-electron chi connectivity index (χ2n) is 5.82. The molecule has 0 saturated heterocycles. The van der Waals surface area contributed by atoms with E-state index < -0.39 is 28.7 Å². The molecule has 0 unspecified atom stereocenters. The van der Waals surface area contributed by atoms with Gasteiger partial charge in [-0.25, -0.2) is 8.78 Å². The summed E-state index contributed by atoms with van der Waals surface area (Å²) in [6.07, 6.45) is -1.31. The Bertz CT molecular complexity index is 883. The van der Waals surface area contributed by atoms with Crippen molar-refractivity contribution in [3.05, 3.63) is 44.7 Å². The van der Waals surface area contributed by atoms with Crippen LogP contribution in [-0.4, -0.2) is 25.7 Å². The Morgan fingerprint density at radius 2 is 2.19 bits per heavy atom. The third-order valence-electron chi connectivity index (χ3n) is 3.89. The standard InChI is InChI=1S/C15H13ClF2N4O4/c16-12-13(15(17)18)20-21(14(12)7-1-2-7)6-11(24)19-9-4-3-8(22(25)26)5-10(9)23/h3-5,7,15,23H,1-2,6H2,(H,19,24). The van der Waals surface area contributed by atoms with Gasteiger partial charge in [0.1, 0.15) is 18.0 Å². The molecule has 1 aromatic heterocycles. The van der Waals surface area contributed by atoms with E-state index in [4.69, 9.17) is 11.6 Å². The minimum atomic E-state index is -2.86. The van der Waals surface area contributed by atoms with Crippen LogP contribution >= 0.6 is 11.6 Å². The van der Waals surface area contributed by atoms with E-state index in [0.29, 0.717) is 5.69 Å². The first-order valence-corrected chi connectivity index (χ1v) is 7.97. The summed E-state index contributed by atoms with van der Waals surface area (Å²) in [7, 11) is 0. The van der Waals surface area contributed by atoms with Crippen LogP contribution in [0.2, 0.25) is 5.02 Å². The number of carbonyl (C=O) groups is 1. The van der Waals surface area contributed by atoms with E-state index in [0.717, 1.165) is 29.7 Å². The highest BCUT2D eigenvalue weighted by atomic mass is 35.5. The van der Waals surface area contributed by atoms with Gasteiger partial charge in [0, 0.05) is 12.0 Å². The molecule has 1 fully saturated rings. The van der Waals surface area contributed by atoms with Crippen LogP contribution in [0.15, 0.2) is 18.2 Å². The van der Waals surface area contributed by atoms with Gasteiger partial charge >= 0.3 is 0 Å². The normalized spacial score (nSPS) is 13.8. The Hall–Kier alpha value is -2.75. The summed E-state index contributed by atoms with van der Waals surface area (Å²) in [6.45, 7) is -0.380. The molecular formula is C15H13ClF2N4O4. The zero-order valence-corrected chi connectivity index (χ0v) is 13.9. The molecule has 1 amide bonds. The monoisotopic (exact) mass is 386 g/mol. The van der Waals surface area contributed by atoms with Crippen molar-refractivity contribution in [3.63, 3.8) is 0 Å². The molecule has 1 aliphatic rings. The van der Waals surface area contributed by atoms with Crippen molar-refractivity contribution in [2.24, 2.45) is 0 Å². The van der Waals surface area contributed by atoms with Crippen LogP contribution < -0.4 is 5.32 Å². The second-order valence-corrected chi connectivity index (χ2v) is 6.20. The van der Waals surface area contributed by atoms with E-state index in [1.807, 2.05) is 0 Å². The number of non-ortho nitro benzene ring substituents is 1. The zero-order valence-electron chi connectivity index (χ0n) is 13.2. The molecule has 11 heteroatoms. The van der Waals surface area contributed by atoms with E-state index in [1.54, 1.807) is 0 Å². The summed E-state index contributed by atoms with van der Waals surface area (Å²) in [5, 5.41) is 26.4. The molecule has 1 aliphatic carbocycles. The molecule has 26 heavy (non-hydrogen) atoms. The minimum absolute atomic E-state index is 0.0110. The average molecular weight is 387 g/mol. The number of halogens is 3. The first kappa shape index (κ1) is 18.1. The van der Waals surface area contributed by atoms with Crippen molar-refractivity contribution in [1.29, 1.82) is 0 Å². The summed E-state index contributed by atoms with van der Waals surface area (Å²) in [4.78, 5) is 22.1. The summed E-state index contributed by atoms with van der Waals surface area (Å²) >= 11 is 5.98. The van der Waals surface area contributed by atoms with Gasteiger partial charge in [-0.15, -0.1) is 0 Å². The number of nitro groups is 1. The predicted octanol–water partition coefficient (Wildman–Crippen LogP) is 3.60. The highest BCUT2D eigenvalue weighted by Crippen LogP contribution is 2.45. The molecule has 0 atom stereocenters. The molecule has 2 N–H and O–H groups in total. The lowest BCUT2D eigenvalue weighted by Gasteiger charge is -2.09. The molecule has 0 spiro atoms. The topological polar surface area (TPSA) is 110 Å². The maximum absolute atomic E-state index is 13.0. The van der Waals surface area contributed by atoms with Crippen LogP contribution in [0.4, 0.5) is 20.2 Å². The van der Waals surface area contributed by atoms with Gasteiger partial charge in [-0.3, -0.25) is 19.6 Å². The first-order valence-electron chi connectivity index (χ1n) is 7.59. The van der Waals surface area contributed by atoms with Crippen molar-refractivity contribution >= 4 is 28.9 Å². The van der Waals surface area contributed by atoms with Crippen molar-refractivity contribution in [1.82, 2.24) is 9.78 Å². The number of phenols is 1. The van der Waals surface area contributed by atoms with Crippen LogP contribution in [0.25, 0.3) is 0 Å². The Kier molecular flexibility index (Phi) is 4.77. The summed E-state index contributed by atoms with van der Waals surface area (Å²) < 4.78 is 27.1. The number of nitro benzene ring substituents is 1. The number of aromatic hydroxyl groups is 1. The van der Waals surface area contributed by atoms with Crippen molar-refractivity contribution in [2.45, 2.75) is 31.7 Å². The quantitative estimate of drug-likeness (QED) is 0.447. The van der Waals surface area contributed by atoms with E-state index >= 15 is 0 Å². The number of hydrogen-bond donors (Lipinski definition) is 2. The van der Waals surface area contributed by atoms with Crippen molar-refractivity contribution in [2.75, 3.05) is 5.32 Å². The van der Waals surface area contributed by atoms with Gasteiger partial charge in [-0.1, -0.05) is 11.6 Å². The van der Waals surface area contributed by atoms with Gasteiger partial charge in [0.05, 0.1) is 27.4 Å². The molecule has 138 valence electrons. The molecule has 3 rings (SSSR count). The molecule has 0 bridgehead atoms. The summed E-state index contributed by atoms with van der Waals surface area (Å²) in [5.74, 6) is -1.14. The third-order valence-corrected chi connectivity index (χ3v) is 4.27. The zero-order chi connectivity index (χ0) is 19.0. The van der Waals surface area contributed by atoms with E-state index in [-0.39, 0.29) is 28.9 Å². The van der Waals surface area contributed by atoms with E-state index in [1.165, 1.54) is 6.07 Å². The summed E-state index contributed by atoms with van der Waals surface area (Å²) in [6, 6.07) is 3.18. The van der Waals surface area contributed by atoms with Crippen LogP contribution in [0.1, 0.15) is 36.6 Å². The number of nitrogens with one attached hydrogen (secondary N) is 1. The number of nitrogens with zero attached hydrogens (tertiary/aromatic N) is 3. The Labute approximate surface area is 150 Å². The number of hydrogen-bond acceptors (Lipinski definition) is 5. The highest BCUT2D eigenvalue weighted by molar-refractivity contribution is 6.32. The van der Waals surface area contributed by atoms with Gasteiger partial charge in [0.25, 0.3) is 12.1 Å². The largest absolute Gasteiger partial charge is 0.506 e. The fourth-order valence-corrected chi connectivity index (χ4v) is 2.92. The van der Waals surface area contributed by atoms with Crippen LogP contribution in [0.3, 0.4) is 0 Å². The second kappa shape index (κ2) is 6.87. The number of benzene rings is 1. The third kappa shape index (κ3) is 3.59. The lowest BCUT2D eigenvalue weighted by Crippen LogP contribution is -2.21. The number of alkyl halides is 2. The maximum atomic E-state index is 13.0. The van der Waals surface area contributed by atoms with Gasteiger partial charge in [0.15, 0.2) is 0 Å². The van der Waals surface area contributed by atoms with Gasteiger partial charge in [-0.05, 0) is 18.9 Å². The van der Waals surface area contributed by atoms with Crippen molar-refractivity contribution < 1.29 is 23.6 Å². The van der Waals surface area contributed by atoms with Crippen LogP contribution in [0, 0.1) is 10.1 Å². The Balaban J connectivity index is 1.78. The number of phenolic OH excluding ortho intramolecular Hbond substituents is 1.